The molecule has 0 spiro atoms. The average molecular weight is 532 g/mol. The summed E-state index contributed by atoms with van der Waals surface area (Å²) in [5, 5.41) is 2.92. The van der Waals surface area contributed by atoms with Crippen molar-refractivity contribution in [2.45, 2.75) is 46.7 Å². The largest absolute Gasteiger partial charge is 0.486 e. The summed E-state index contributed by atoms with van der Waals surface area (Å²) in [6.45, 7) is 8.73. The number of carbonyl (C=O) groups excluding carboxylic acids is 2. The van der Waals surface area contributed by atoms with Gasteiger partial charge < -0.3 is 19.7 Å². The first kappa shape index (κ1) is 28.3. The maximum Gasteiger partial charge on any atom is 0.244 e. The van der Waals surface area contributed by atoms with Crippen LogP contribution in [0, 0.1) is 12.8 Å². The van der Waals surface area contributed by atoms with Crippen LogP contribution in [-0.2, 0) is 26.2 Å². The second kappa shape index (κ2) is 12.3. The SMILES string of the molecule is CC[C@@H](C(=O)NCC(C)C)N(Cc1cccc(C)c1)C(=O)CN(c1ccc2c(c1)OCCO2)S(C)(=O)=O. The van der Waals surface area contributed by atoms with Gasteiger partial charge in [0.2, 0.25) is 21.8 Å². The molecule has 0 aromatic heterocycles. The van der Waals surface area contributed by atoms with Crippen LogP contribution in [0.15, 0.2) is 42.5 Å². The zero-order valence-corrected chi connectivity index (χ0v) is 23.0. The van der Waals surface area contributed by atoms with Gasteiger partial charge in [-0.2, -0.15) is 0 Å². The Morgan fingerprint density at radius 2 is 1.76 bits per heavy atom. The average Bonchev–Trinajstić information content (AvgIpc) is 2.84. The molecule has 1 heterocycles. The van der Waals surface area contributed by atoms with Crippen molar-refractivity contribution >= 4 is 27.5 Å². The van der Waals surface area contributed by atoms with Gasteiger partial charge in [-0.1, -0.05) is 50.6 Å². The molecule has 2 amide bonds. The van der Waals surface area contributed by atoms with Crippen molar-refractivity contribution in [2.24, 2.45) is 5.92 Å². The zero-order chi connectivity index (χ0) is 27.2. The van der Waals surface area contributed by atoms with Crippen molar-refractivity contribution in [1.29, 1.82) is 0 Å². The number of hydrogen-bond donors (Lipinski definition) is 1. The molecule has 2 aromatic rings. The number of sulfonamides is 1. The molecule has 1 aliphatic heterocycles. The Balaban J connectivity index is 1.94. The van der Waals surface area contributed by atoms with Gasteiger partial charge in [0.25, 0.3) is 0 Å². The summed E-state index contributed by atoms with van der Waals surface area (Å²) in [6.07, 6.45) is 1.43. The summed E-state index contributed by atoms with van der Waals surface area (Å²) < 4.78 is 37.8. The van der Waals surface area contributed by atoms with Crippen LogP contribution in [0.25, 0.3) is 0 Å². The van der Waals surface area contributed by atoms with E-state index in [1.807, 2.05) is 52.0 Å². The molecule has 0 radical (unpaired) electrons. The fourth-order valence-corrected chi connectivity index (χ4v) is 4.99. The van der Waals surface area contributed by atoms with Crippen LogP contribution in [0.1, 0.15) is 38.3 Å². The van der Waals surface area contributed by atoms with Gasteiger partial charge in [-0.3, -0.25) is 13.9 Å². The van der Waals surface area contributed by atoms with Gasteiger partial charge in [0.1, 0.15) is 25.8 Å². The fourth-order valence-electron chi connectivity index (χ4n) is 4.15. The third-order valence-corrected chi connectivity index (χ3v) is 7.14. The molecule has 0 bridgehead atoms. The lowest BCUT2D eigenvalue weighted by Gasteiger charge is -2.33. The normalized spacial score (nSPS) is 13.7. The Hall–Kier alpha value is -3.27. The molecule has 9 nitrogen and oxygen atoms in total. The van der Waals surface area contributed by atoms with Crippen LogP contribution in [0.5, 0.6) is 11.5 Å². The van der Waals surface area contributed by atoms with E-state index in [2.05, 4.69) is 5.32 Å². The molecule has 37 heavy (non-hydrogen) atoms. The monoisotopic (exact) mass is 531 g/mol. The highest BCUT2D eigenvalue weighted by Gasteiger charge is 2.32. The third kappa shape index (κ3) is 7.61. The molecule has 2 aromatic carbocycles. The van der Waals surface area contributed by atoms with Gasteiger partial charge in [0.05, 0.1) is 11.9 Å². The van der Waals surface area contributed by atoms with E-state index in [-0.39, 0.29) is 24.1 Å². The van der Waals surface area contributed by atoms with Gasteiger partial charge in [-0.15, -0.1) is 0 Å². The maximum absolute atomic E-state index is 13.8. The molecule has 0 aliphatic carbocycles. The number of carbonyl (C=O) groups is 2. The van der Waals surface area contributed by atoms with E-state index in [0.717, 1.165) is 21.7 Å². The van der Waals surface area contributed by atoms with Crippen LogP contribution in [0.3, 0.4) is 0 Å². The minimum Gasteiger partial charge on any atom is -0.486 e. The molecule has 0 fully saturated rings. The number of hydrogen-bond acceptors (Lipinski definition) is 6. The summed E-state index contributed by atoms with van der Waals surface area (Å²) in [6, 6.07) is 11.7. The highest BCUT2D eigenvalue weighted by atomic mass is 32.2. The molecule has 3 rings (SSSR count). The number of aryl methyl sites for hydroxylation is 1. The van der Waals surface area contributed by atoms with E-state index < -0.39 is 28.5 Å². The Morgan fingerprint density at radius 1 is 1.05 bits per heavy atom. The minimum absolute atomic E-state index is 0.173. The summed E-state index contributed by atoms with van der Waals surface area (Å²) in [7, 11) is -3.84. The molecule has 202 valence electrons. The van der Waals surface area contributed by atoms with Crippen molar-refractivity contribution < 1.29 is 27.5 Å². The number of anilines is 1. The van der Waals surface area contributed by atoms with E-state index in [4.69, 9.17) is 9.47 Å². The Bertz CT molecular complexity index is 1210. The lowest BCUT2D eigenvalue weighted by atomic mass is 10.1. The van der Waals surface area contributed by atoms with Crippen molar-refractivity contribution in [3.05, 3.63) is 53.6 Å². The fraction of sp³-hybridized carbons (Fsp3) is 0.481. The van der Waals surface area contributed by atoms with Crippen LogP contribution in [0.2, 0.25) is 0 Å². The number of rotatable bonds is 11. The number of nitrogens with one attached hydrogen (secondary N) is 1. The topological polar surface area (TPSA) is 105 Å². The number of ether oxygens (including phenoxy) is 2. The number of benzene rings is 2. The summed E-state index contributed by atoms with van der Waals surface area (Å²) in [4.78, 5) is 28.4. The highest BCUT2D eigenvalue weighted by molar-refractivity contribution is 7.92. The maximum atomic E-state index is 13.8. The predicted molar refractivity (Wildman–Crippen MR) is 143 cm³/mol. The molecule has 0 unspecified atom stereocenters. The first-order valence-electron chi connectivity index (χ1n) is 12.5. The van der Waals surface area contributed by atoms with Gasteiger partial charge in [0.15, 0.2) is 11.5 Å². The number of fused-ring (bicyclic) bond motifs is 1. The smallest absolute Gasteiger partial charge is 0.244 e. The quantitative estimate of drug-likeness (QED) is 0.478. The van der Waals surface area contributed by atoms with Crippen LogP contribution >= 0.6 is 0 Å². The molecule has 1 atom stereocenters. The van der Waals surface area contributed by atoms with Gasteiger partial charge in [-0.25, -0.2) is 8.42 Å². The molecule has 1 aliphatic rings. The first-order chi connectivity index (χ1) is 17.5. The molecule has 10 heteroatoms. The van der Waals surface area contributed by atoms with Gasteiger partial charge in [-0.05, 0) is 37.0 Å². The summed E-state index contributed by atoms with van der Waals surface area (Å²) in [5.41, 5.74) is 2.16. The Kier molecular flexibility index (Phi) is 9.42. The van der Waals surface area contributed by atoms with Crippen molar-refractivity contribution in [3.63, 3.8) is 0 Å². The minimum atomic E-state index is -3.84. The van der Waals surface area contributed by atoms with Crippen LogP contribution < -0.4 is 19.1 Å². The van der Waals surface area contributed by atoms with Crippen LogP contribution in [-0.4, -0.2) is 63.7 Å². The second-order valence-corrected chi connectivity index (χ2v) is 11.6. The Labute approximate surface area is 219 Å². The van der Waals surface area contributed by atoms with E-state index in [9.17, 15) is 18.0 Å². The molecular formula is C27H37N3O6S. The van der Waals surface area contributed by atoms with E-state index >= 15 is 0 Å². The van der Waals surface area contributed by atoms with E-state index in [1.165, 1.54) is 4.90 Å². The van der Waals surface area contributed by atoms with Gasteiger partial charge >= 0.3 is 0 Å². The predicted octanol–water partition coefficient (Wildman–Crippen LogP) is 3.11. The van der Waals surface area contributed by atoms with E-state index in [0.29, 0.717) is 37.7 Å². The van der Waals surface area contributed by atoms with Gasteiger partial charge in [0, 0.05) is 19.2 Å². The van der Waals surface area contributed by atoms with Crippen molar-refractivity contribution in [1.82, 2.24) is 10.2 Å². The van der Waals surface area contributed by atoms with Crippen molar-refractivity contribution in [2.75, 3.05) is 36.9 Å². The molecule has 0 saturated heterocycles. The summed E-state index contributed by atoms with van der Waals surface area (Å²) >= 11 is 0. The van der Waals surface area contributed by atoms with Crippen molar-refractivity contribution in [3.8, 4) is 11.5 Å². The lowest BCUT2D eigenvalue weighted by Crippen LogP contribution is -2.52. The number of amides is 2. The molecule has 0 saturated carbocycles. The summed E-state index contributed by atoms with van der Waals surface area (Å²) in [5.74, 6) is 0.443. The third-order valence-electron chi connectivity index (χ3n) is 6.00. The van der Waals surface area contributed by atoms with E-state index in [1.54, 1.807) is 18.2 Å². The first-order valence-corrected chi connectivity index (χ1v) is 14.3. The highest BCUT2D eigenvalue weighted by Crippen LogP contribution is 2.34. The lowest BCUT2D eigenvalue weighted by molar-refractivity contribution is -0.140. The number of nitrogens with zero attached hydrogens (tertiary/aromatic N) is 2. The molecular weight excluding hydrogens is 494 g/mol. The second-order valence-electron chi connectivity index (χ2n) is 9.67. The van der Waals surface area contributed by atoms with Crippen LogP contribution in [0.4, 0.5) is 5.69 Å². The zero-order valence-electron chi connectivity index (χ0n) is 22.2. The standard InChI is InChI=1S/C27H37N3O6S/c1-6-23(27(32)28-16-19(2)3)29(17-21-9-7-8-20(4)14-21)26(31)18-30(37(5,33)34)22-10-11-24-25(15-22)36-13-12-35-24/h7-11,14-15,19,23H,6,12-13,16-18H2,1-5H3,(H,28,32)/t23-/m0/s1. The Morgan fingerprint density at radius 3 is 2.38 bits per heavy atom. The molecule has 1 N–H and O–H groups in total.